The SMILES string of the molecule is CC(C)n1ncc2c(C(=O)N3CCN(Cc4ccc5c(c4)OCCO5)CC3)cc(-c3ccco3)nc21. The van der Waals surface area contributed by atoms with Crippen LogP contribution in [0.2, 0.25) is 0 Å². The monoisotopic (exact) mass is 487 g/mol. The predicted octanol–water partition coefficient (Wildman–Crippen LogP) is 4.00. The number of fused-ring (bicyclic) bond motifs is 2. The van der Waals surface area contributed by atoms with E-state index in [1.54, 1.807) is 12.5 Å². The molecule has 1 fully saturated rings. The highest BCUT2D eigenvalue weighted by Crippen LogP contribution is 2.31. The molecule has 36 heavy (non-hydrogen) atoms. The summed E-state index contributed by atoms with van der Waals surface area (Å²) in [5.74, 6) is 2.24. The van der Waals surface area contributed by atoms with Crippen LogP contribution in [0.3, 0.4) is 0 Å². The van der Waals surface area contributed by atoms with Gasteiger partial charge in [-0.05, 0) is 49.7 Å². The van der Waals surface area contributed by atoms with E-state index in [9.17, 15) is 4.79 Å². The van der Waals surface area contributed by atoms with E-state index in [0.717, 1.165) is 36.5 Å². The lowest BCUT2D eigenvalue weighted by Gasteiger charge is -2.35. The van der Waals surface area contributed by atoms with Crippen LogP contribution in [0.4, 0.5) is 0 Å². The second-order valence-corrected chi connectivity index (χ2v) is 9.50. The molecule has 6 rings (SSSR count). The van der Waals surface area contributed by atoms with Gasteiger partial charge in [0.2, 0.25) is 0 Å². The van der Waals surface area contributed by atoms with Gasteiger partial charge < -0.3 is 18.8 Å². The lowest BCUT2D eigenvalue weighted by atomic mass is 10.1. The lowest BCUT2D eigenvalue weighted by Crippen LogP contribution is -2.48. The summed E-state index contributed by atoms with van der Waals surface area (Å²) < 4.78 is 18.8. The third kappa shape index (κ3) is 4.19. The fourth-order valence-electron chi connectivity index (χ4n) is 4.85. The van der Waals surface area contributed by atoms with Crippen molar-refractivity contribution in [2.24, 2.45) is 0 Å². The summed E-state index contributed by atoms with van der Waals surface area (Å²) in [6, 6.07) is 11.8. The highest BCUT2D eigenvalue weighted by atomic mass is 16.6. The van der Waals surface area contributed by atoms with Crippen molar-refractivity contribution < 1.29 is 18.7 Å². The molecule has 9 heteroatoms. The molecule has 2 aliphatic heterocycles. The maximum Gasteiger partial charge on any atom is 0.254 e. The maximum absolute atomic E-state index is 13.7. The molecule has 0 bridgehead atoms. The number of pyridine rings is 1. The van der Waals surface area contributed by atoms with E-state index in [2.05, 4.69) is 36.0 Å². The van der Waals surface area contributed by atoms with E-state index >= 15 is 0 Å². The number of amides is 1. The number of hydrogen-bond donors (Lipinski definition) is 0. The van der Waals surface area contributed by atoms with Crippen LogP contribution in [0.15, 0.2) is 53.3 Å². The van der Waals surface area contributed by atoms with Crippen LogP contribution in [0.1, 0.15) is 35.8 Å². The summed E-state index contributed by atoms with van der Waals surface area (Å²) in [6.45, 7) is 8.98. The quantitative estimate of drug-likeness (QED) is 0.421. The summed E-state index contributed by atoms with van der Waals surface area (Å²) in [4.78, 5) is 22.8. The Bertz CT molecular complexity index is 1390. The number of rotatable bonds is 5. The first kappa shape index (κ1) is 22.6. The summed E-state index contributed by atoms with van der Waals surface area (Å²) >= 11 is 0. The van der Waals surface area contributed by atoms with E-state index in [1.807, 2.05) is 33.8 Å². The fourth-order valence-corrected chi connectivity index (χ4v) is 4.85. The molecule has 1 aromatic carbocycles. The number of furan rings is 1. The van der Waals surface area contributed by atoms with Gasteiger partial charge in [0.1, 0.15) is 18.9 Å². The van der Waals surface area contributed by atoms with E-state index in [4.69, 9.17) is 18.9 Å². The topological polar surface area (TPSA) is 85.9 Å². The Labute approximate surface area is 209 Å². The average Bonchev–Trinajstić information content (AvgIpc) is 3.59. The first-order valence-corrected chi connectivity index (χ1v) is 12.4. The molecule has 186 valence electrons. The van der Waals surface area contributed by atoms with Gasteiger partial charge in [-0.25, -0.2) is 9.67 Å². The molecular formula is C27H29N5O4. The molecule has 0 saturated carbocycles. The van der Waals surface area contributed by atoms with Crippen LogP contribution in [0.25, 0.3) is 22.5 Å². The van der Waals surface area contributed by atoms with Gasteiger partial charge >= 0.3 is 0 Å². The van der Waals surface area contributed by atoms with E-state index in [-0.39, 0.29) is 11.9 Å². The summed E-state index contributed by atoms with van der Waals surface area (Å²) in [5.41, 5.74) is 3.12. The minimum absolute atomic E-state index is 0.00232. The van der Waals surface area contributed by atoms with Crippen molar-refractivity contribution in [3.8, 4) is 23.0 Å². The molecule has 1 amide bonds. The third-order valence-electron chi connectivity index (χ3n) is 6.73. The predicted molar refractivity (Wildman–Crippen MR) is 134 cm³/mol. The van der Waals surface area contributed by atoms with Gasteiger partial charge in [-0.15, -0.1) is 0 Å². The maximum atomic E-state index is 13.7. The molecule has 4 aromatic rings. The van der Waals surface area contributed by atoms with Crippen LogP contribution in [-0.4, -0.2) is 69.9 Å². The number of nitrogens with zero attached hydrogens (tertiary/aromatic N) is 5. The average molecular weight is 488 g/mol. The van der Waals surface area contributed by atoms with Crippen molar-refractivity contribution in [3.63, 3.8) is 0 Å². The largest absolute Gasteiger partial charge is 0.486 e. The van der Waals surface area contributed by atoms with Gasteiger partial charge in [0.05, 0.1) is 23.4 Å². The van der Waals surface area contributed by atoms with Gasteiger partial charge in [-0.1, -0.05) is 6.07 Å². The van der Waals surface area contributed by atoms with Crippen molar-refractivity contribution >= 4 is 16.9 Å². The van der Waals surface area contributed by atoms with Gasteiger partial charge in [0.15, 0.2) is 22.9 Å². The Morgan fingerprint density at radius 2 is 1.83 bits per heavy atom. The minimum atomic E-state index is -0.00232. The molecule has 2 aliphatic rings. The molecule has 0 atom stereocenters. The van der Waals surface area contributed by atoms with Gasteiger partial charge in [-0.3, -0.25) is 9.69 Å². The molecule has 5 heterocycles. The molecule has 0 unspecified atom stereocenters. The highest BCUT2D eigenvalue weighted by molar-refractivity contribution is 6.06. The molecular weight excluding hydrogens is 458 g/mol. The standard InChI is InChI=1S/C27H29N5O4/c1-18(2)32-26-21(16-28-32)20(15-22(29-26)23-4-3-11-34-23)27(33)31-9-7-30(8-10-31)17-19-5-6-24-25(14-19)36-13-12-35-24/h3-6,11,14-16,18H,7-10,12-13,17H2,1-2H3. The fraction of sp³-hybridized carbons (Fsp3) is 0.370. The molecule has 3 aromatic heterocycles. The molecule has 0 radical (unpaired) electrons. The first-order valence-electron chi connectivity index (χ1n) is 12.4. The lowest BCUT2D eigenvalue weighted by molar-refractivity contribution is 0.0630. The first-order chi connectivity index (χ1) is 17.6. The van der Waals surface area contributed by atoms with Gasteiger partial charge in [0, 0.05) is 38.8 Å². The summed E-state index contributed by atoms with van der Waals surface area (Å²) in [5, 5.41) is 5.29. The van der Waals surface area contributed by atoms with Gasteiger partial charge in [0.25, 0.3) is 5.91 Å². The van der Waals surface area contributed by atoms with Gasteiger partial charge in [-0.2, -0.15) is 5.10 Å². The zero-order valence-corrected chi connectivity index (χ0v) is 20.5. The Balaban J connectivity index is 1.20. The Kier molecular flexibility index (Phi) is 5.85. The number of aromatic nitrogens is 3. The van der Waals surface area contributed by atoms with E-state index in [0.29, 0.717) is 49.0 Å². The van der Waals surface area contributed by atoms with E-state index in [1.165, 1.54) is 5.56 Å². The highest BCUT2D eigenvalue weighted by Gasteiger charge is 2.26. The number of ether oxygens (including phenoxy) is 2. The number of piperazine rings is 1. The van der Waals surface area contributed by atoms with Crippen molar-refractivity contribution in [3.05, 3.63) is 60.0 Å². The van der Waals surface area contributed by atoms with Crippen LogP contribution in [-0.2, 0) is 6.54 Å². The number of carbonyl (C=O) groups is 1. The molecule has 0 N–H and O–H groups in total. The second kappa shape index (κ2) is 9.31. The smallest absolute Gasteiger partial charge is 0.254 e. The third-order valence-corrected chi connectivity index (χ3v) is 6.73. The molecule has 9 nitrogen and oxygen atoms in total. The number of hydrogen-bond acceptors (Lipinski definition) is 7. The molecule has 1 saturated heterocycles. The van der Waals surface area contributed by atoms with Crippen LogP contribution >= 0.6 is 0 Å². The minimum Gasteiger partial charge on any atom is -0.486 e. The van der Waals surface area contributed by atoms with Crippen LogP contribution in [0, 0.1) is 0 Å². The zero-order valence-electron chi connectivity index (χ0n) is 20.5. The van der Waals surface area contributed by atoms with Crippen molar-refractivity contribution in [2.75, 3.05) is 39.4 Å². The van der Waals surface area contributed by atoms with Crippen molar-refractivity contribution in [1.29, 1.82) is 0 Å². The Hall–Kier alpha value is -3.85. The normalized spacial score (nSPS) is 16.1. The Morgan fingerprint density at radius 1 is 1.03 bits per heavy atom. The van der Waals surface area contributed by atoms with Crippen molar-refractivity contribution in [2.45, 2.75) is 26.4 Å². The summed E-state index contributed by atoms with van der Waals surface area (Å²) in [7, 11) is 0. The molecule has 0 spiro atoms. The van der Waals surface area contributed by atoms with Crippen LogP contribution < -0.4 is 9.47 Å². The van der Waals surface area contributed by atoms with Crippen molar-refractivity contribution in [1.82, 2.24) is 24.6 Å². The van der Waals surface area contributed by atoms with E-state index < -0.39 is 0 Å². The summed E-state index contributed by atoms with van der Waals surface area (Å²) in [6.07, 6.45) is 3.36. The van der Waals surface area contributed by atoms with Crippen LogP contribution in [0.5, 0.6) is 11.5 Å². The second-order valence-electron chi connectivity index (χ2n) is 9.50. The Morgan fingerprint density at radius 3 is 2.58 bits per heavy atom. The molecule has 0 aliphatic carbocycles. The zero-order chi connectivity index (χ0) is 24.6. The number of benzene rings is 1. The number of carbonyl (C=O) groups excluding carboxylic acids is 1.